The molecule has 0 nitrogen and oxygen atoms in total. The average Bonchev–Trinajstić information content (AvgIpc) is 2.46. The fraction of sp³-hybridized carbons (Fsp3) is 0.143. The van der Waals surface area contributed by atoms with E-state index in [0.29, 0.717) is 10.6 Å². The zero-order valence-electron chi connectivity index (χ0n) is 10.2. The highest BCUT2D eigenvalue weighted by Gasteiger charge is 2.29. The van der Waals surface area contributed by atoms with Crippen LogP contribution in [0, 0.1) is 29.1 Å². The molecule has 0 spiro atoms. The Balaban J connectivity index is 2.45. The van der Waals surface area contributed by atoms with Crippen molar-refractivity contribution < 1.29 is 22.0 Å². The number of halogens is 7. The first kappa shape index (κ1) is 16.2. The summed E-state index contributed by atoms with van der Waals surface area (Å²) in [5.41, 5.74) is -0.392. The van der Waals surface area contributed by atoms with Crippen molar-refractivity contribution in [1.29, 1.82) is 0 Å². The lowest BCUT2D eigenvalue weighted by Crippen LogP contribution is -2.10. The number of benzene rings is 2. The topological polar surface area (TPSA) is 0 Å². The third-order valence-corrected chi connectivity index (χ3v) is 4.06. The van der Waals surface area contributed by atoms with Gasteiger partial charge in [0.2, 0.25) is 5.82 Å². The fourth-order valence-electron chi connectivity index (χ4n) is 1.86. The predicted molar refractivity (Wildman–Crippen MR) is 73.1 cm³/mol. The summed E-state index contributed by atoms with van der Waals surface area (Å²) < 4.78 is 66.7. The SMILES string of the molecule is Fc1c(F)c(F)c(C(Br)Cc2ccccc2Cl)c(F)c1F. The van der Waals surface area contributed by atoms with E-state index in [1.807, 2.05) is 0 Å². The summed E-state index contributed by atoms with van der Waals surface area (Å²) in [7, 11) is 0. The molecule has 0 aliphatic heterocycles. The van der Waals surface area contributed by atoms with Crippen molar-refractivity contribution in [3.8, 4) is 0 Å². The van der Waals surface area contributed by atoms with Gasteiger partial charge in [-0.25, -0.2) is 22.0 Å². The monoisotopic (exact) mass is 384 g/mol. The van der Waals surface area contributed by atoms with Gasteiger partial charge in [-0.3, -0.25) is 0 Å². The maximum absolute atomic E-state index is 13.7. The maximum atomic E-state index is 13.7. The molecule has 0 N–H and O–H groups in total. The Kier molecular flexibility index (Phi) is 4.88. The van der Waals surface area contributed by atoms with Crippen molar-refractivity contribution in [1.82, 2.24) is 0 Å². The number of hydrogen-bond donors (Lipinski definition) is 0. The molecule has 2 aromatic rings. The van der Waals surface area contributed by atoms with E-state index in [9.17, 15) is 22.0 Å². The molecule has 0 aliphatic carbocycles. The Morgan fingerprint density at radius 2 is 1.33 bits per heavy atom. The first-order chi connectivity index (χ1) is 9.84. The van der Waals surface area contributed by atoms with Gasteiger partial charge >= 0.3 is 0 Å². The quantitative estimate of drug-likeness (QED) is 0.275. The first-order valence-electron chi connectivity index (χ1n) is 5.73. The lowest BCUT2D eigenvalue weighted by molar-refractivity contribution is 0.369. The third-order valence-electron chi connectivity index (χ3n) is 2.91. The van der Waals surface area contributed by atoms with Crippen LogP contribution in [0.2, 0.25) is 5.02 Å². The van der Waals surface area contributed by atoms with Gasteiger partial charge in [0.15, 0.2) is 23.3 Å². The minimum Gasteiger partial charge on any atom is -0.203 e. The van der Waals surface area contributed by atoms with Crippen molar-refractivity contribution >= 4 is 27.5 Å². The molecule has 1 atom stereocenters. The van der Waals surface area contributed by atoms with Crippen molar-refractivity contribution in [3.05, 3.63) is 69.5 Å². The summed E-state index contributed by atoms with van der Waals surface area (Å²) in [6.45, 7) is 0. The Labute approximate surface area is 130 Å². The van der Waals surface area contributed by atoms with Crippen LogP contribution in [0.25, 0.3) is 0 Å². The lowest BCUT2D eigenvalue weighted by Gasteiger charge is -2.14. The number of alkyl halides is 1. The van der Waals surface area contributed by atoms with E-state index in [1.165, 1.54) is 0 Å². The van der Waals surface area contributed by atoms with Crippen LogP contribution in [0.1, 0.15) is 16.0 Å². The van der Waals surface area contributed by atoms with Crippen LogP contribution >= 0.6 is 27.5 Å². The molecule has 2 rings (SSSR count). The average molecular weight is 386 g/mol. The van der Waals surface area contributed by atoms with Gasteiger partial charge < -0.3 is 0 Å². The molecule has 0 saturated heterocycles. The van der Waals surface area contributed by atoms with Gasteiger partial charge in [0.1, 0.15) is 0 Å². The zero-order valence-corrected chi connectivity index (χ0v) is 12.6. The maximum Gasteiger partial charge on any atom is 0.200 e. The number of hydrogen-bond acceptors (Lipinski definition) is 0. The highest BCUT2D eigenvalue weighted by Crippen LogP contribution is 2.35. The van der Waals surface area contributed by atoms with Crippen molar-refractivity contribution in [2.45, 2.75) is 11.2 Å². The minimum atomic E-state index is -2.17. The van der Waals surface area contributed by atoms with Crippen LogP contribution in [0.5, 0.6) is 0 Å². The van der Waals surface area contributed by atoms with E-state index in [4.69, 9.17) is 11.6 Å². The summed E-state index contributed by atoms with van der Waals surface area (Å²) in [5.74, 6) is -9.80. The van der Waals surface area contributed by atoms with Crippen LogP contribution < -0.4 is 0 Å². The van der Waals surface area contributed by atoms with Gasteiger partial charge in [0.05, 0.1) is 0 Å². The Morgan fingerprint density at radius 1 is 0.857 bits per heavy atom. The Morgan fingerprint density at radius 3 is 1.86 bits per heavy atom. The zero-order chi connectivity index (χ0) is 15.7. The molecule has 0 fully saturated rings. The van der Waals surface area contributed by atoms with E-state index >= 15 is 0 Å². The first-order valence-corrected chi connectivity index (χ1v) is 7.02. The van der Waals surface area contributed by atoms with E-state index in [1.54, 1.807) is 24.3 Å². The molecule has 1 unspecified atom stereocenters. The summed E-state index contributed by atoms with van der Waals surface area (Å²) in [6.07, 6.45) is -0.0297. The molecule has 112 valence electrons. The molecule has 0 saturated carbocycles. The van der Waals surface area contributed by atoms with Crippen LogP contribution in [0.3, 0.4) is 0 Å². The molecule has 0 bridgehead atoms. The smallest absolute Gasteiger partial charge is 0.200 e. The normalized spacial score (nSPS) is 12.5. The second-order valence-electron chi connectivity index (χ2n) is 4.25. The van der Waals surface area contributed by atoms with E-state index < -0.39 is 39.5 Å². The molecule has 0 heterocycles. The van der Waals surface area contributed by atoms with Gasteiger partial charge in [0.25, 0.3) is 0 Å². The summed E-state index contributed by atoms with van der Waals surface area (Å²) in [5, 5.41) is 0.339. The molecular weight excluding hydrogens is 379 g/mol. The molecule has 21 heavy (non-hydrogen) atoms. The Hall–Kier alpha value is -1.14. The van der Waals surface area contributed by atoms with Gasteiger partial charge in [-0.2, -0.15) is 0 Å². The van der Waals surface area contributed by atoms with Crippen molar-refractivity contribution in [3.63, 3.8) is 0 Å². The molecule has 0 amide bonds. The fourth-order valence-corrected chi connectivity index (χ4v) is 2.82. The highest BCUT2D eigenvalue weighted by molar-refractivity contribution is 9.09. The van der Waals surface area contributed by atoms with Crippen molar-refractivity contribution in [2.75, 3.05) is 0 Å². The van der Waals surface area contributed by atoms with Gasteiger partial charge in [-0.05, 0) is 18.1 Å². The molecule has 7 heteroatoms. The summed E-state index contributed by atoms with van der Waals surface area (Å²) >= 11 is 8.86. The lowest BCUT2D eigenvalue weighted by atomic mass is 10.0. The molecule has 0 aromatic heterocycles. The second kappa shape index (κ2) is 6.32. The number of rotatable bonds is 3. The van der Waals surface area contributed by atoms with E-state index in [2.05, 4.69) is 15.9 Å². The van der Waals surface area contributed by atoms with Crippen LogP contribution in [-0.4, -0.2) is 0 Å². The van der Waals surface area contributed by atoms with Crippen LogP contribution in [0.4, 0.5) is 22.0 Å². The minimum absolute atomic E-state index is 0.0297. The van der Waals surface area contributed by atoms with Crippen LogP contribution in [-0.2, 0) is 6.42 Å². The summed E-state index contributed by atoms with van der Waals surface area (Å²) in [4.78, 5) is -1.11. The molecule has 0 radical (unpaired) electrons. The Bertz CT molecular complexity index is 660. The second-order valence-corrected chi connectivity index (χ2v) is 5.76. The van der Waals surface area contributed by atoms with Crippen LogP contribution in [0.15, 0.2) is 24.3 Å². The standard InChI is InChI=1S/C14H7BrClF5/c15-7(5-6-3-1-2-4-8(6)16)9-10(17)12(19)14(21)13(20)11(9)18/h1-4,7H,5H2. The molecule has 0 aliphatic rings. The van der Waals surface area contributed by atoms with E-state index in [-0.39, 0.29) is 6.42 Å². The highest BCUT2D eigenvalue weighted by atomic mass is 79.9. The van der Waals surface area contributed by atoms with Gasteiger partial charge in [-0.15, -0.1) is 0 Å². The van der Waals surface area contributed by atoms with Gasteiger partial charge in [0, 0.05) is 15.4 Å². The largest absolute Gasteiger partial charge is 0.203 e. The molecule has 2 aromatic carbocycles. The summed E-state index contributed by atoms with van der Waals surface area (Å²) in [6, 6.07) is 6.48. The van der Waals surface area contributed by atoms with Gasteiger partial charge in [-0.1, -0.05) is 45.7 Å². The predicted octanol–water partition coefficient (Wildman–Crippen LogP) is 5.71. The third kappa shape index (κ3) is 3.06. The van der Waals surface area contributed by atoms with E-state index in [0.717, 1.165) is 0 Å². The molecular formula is C14H7BrClF5. The van der Waals surface area contributed by atoms with Crippen molar-refractivity contribution in [2.24, 2.45) is 0 Å².